The number of ether oxygens (including phenoxy) is 2. The number of hydrogen-bond donors (Lipinski definition) is 1. The third-order valence-electron chi connectivity index (χ3n) is 6.57. The van der Waals surface area contributed by atoms with Crippen molar-refractivity contribution in [3.05, 3.63) is 109 Å². The van der Waals surface area contributed by atoms with Gasteiger partial charge in [-0.3, -0.25) is 0 Å². The largest absolute Gasteiger partial charge is 0.444 e. The van der Waals surface area contributed by atoms with Crippen molar-refractivity contribution in [1.29, 1.82) is 0 Å². The molecule has 0 aromatic heterocycles. The lowest BCUT2D eigenvalue weighted by Crippen LogP contribution is -2.66. The van der Waals surface area contributed by atoms with Gasteiger partial charge in [0.25, 0.3) is 8.32 Å². The minimum absolute atomic E-state index is 0.0426. The van der Waals surface area contributed by atoms with Gasteiger partial charge in [0.2, 0.25) is 0 Å². The summed E-state index contributed by atoms with van der Waals surface area (Å²) < 4.78 is 18.4. The molecule has 1 amide bonds. The molecule has 40 heavy (non-hydrogen) atoms. The lowest BCUT2D eigenvalue weighted by Gasteiger charge is -2.42. The Kier molecular flexibility index (Phi) is 11.3. The lowest BCUT2D eigenvalue weighted by molar-refractivity contribution is 0.0501. The Bertz CT molecular complexity index is 1150. The summed E-state index contributed by atoms with van der Waals surface area (Å²) in [5.41, 5.74) is 0.559. The van der Waals surface area contributed by atoms with Crippen molar-refractivity contribution in [1.82, 2.24) is 5.32 Å². The molecule has 0 aliphatic carbocycles. The fraction of sp³-hybridized carbons (Fsp3) is 0.382. The highest BCUT2D eigenvalue weighted by Gasteiger charge is 2.49. The van der Waals surface area contributed by atoms with Gasteiger partial charge >= 0.3 is 6.09 Å². The van der Waals surface area contributed by atoms with Gasteiger partial charge in [0.1, 0.15) is 5.60 Å². The quantitative estimate of drug-likeness (QED) is 0.204. The topological polar surface area (TPSA) is 56.8 Å². The first-order valence-electron chi connectivity index (χ1n) is 14.0. The maximum absolute atomic E-state index is 12.3. The second kappa shape index (κ2) is 14.4. The average Bonchev–Trinajstić information content (AvgIpc) is 2.91. The van der Waals surface area contributed by atoms with E-state index in [2.05, 4.69) is 86.8 Å². The fourth-order valence-electron chi connectivity index (χ4n) is 4.80. The number of rotatable bonds is 12. The van der Waals surface area contributed by atoms with Gasteiger partial charge in [-0.25, -0.2) is 4.79 Å². The maximum atomic E-state index is 12.3. The number of alkyl carbamates (subject to hydrolysis) is 1. The molecular formula is C34H45NO4Si. The van der Waals surface area contributed by atoms with Crippen molar-refractivity contribution < 1.29 is 18.7 Å². The molecule has 0 saturated heterocycles. The third-order valence-corrected chi connectivity index (χ3v) is 11.6. The molecule has 0 aliphatic heterocycles. The molecule has 3 aromatic rings. The Balaban J connectivity index is 1.76. The summed E-state index contributed by atoms with van der Waals surface area (Å²) in [5, 5.41) is 5.29. The SMILES string of the molecule is CC(C)(C)OC(=O)NC[C@H](/C=C/CO[Si](c1ccccc1)(c1ccccc1)C(C)(C)C)COCc1ccccc1. The number of nitrogens with one attached hydrogen (secondary N) is 1. The lowest BCUT2D eigenvalue weighted by atomic mass is 10.1. The van der Waals surface area contributed by atoms with E-state index in [1.807, 2.05) is 63.2 Å². The highest BCUT2D eigenvalue weighted by molar-refractivity contribution is 6.99. The van der Waals surface area contributed by atoms with Crippen LogP contribution in [-0.2, 0) is 20.5 Å². The molecule has 1 N–H and O–H groups in total. The molecule has 0 heterocycles. The van der Waals surface area contributed by atoms with Crippen LogP contribution in [0.3, 0.4) is 0 Å². The summed E-state index contributed by atoms with van der Waals surface area (Å²) in [7, 11) is -2.63. The van der Waals surface area contributed by atoms with Gasteiger partial charge in [0.05, 0.1) is 19.8 Å². The molecule has 0 bridgehead atoms. The van der Waals surface area contributed by atoms with Crippen LogP contribution in [0.5, 0.6) is 0 Å². The smallest absolute Gasteiger partial charge is 0.407 e. The molecule has 6 heteroatoms. The zero-order valence-corrected chi connectivity index (χ0v) is 25.9. The zero-order valence-electron chi connectivity index (χ0n) is 24.9. The van der Waals surface area contributed by atoms with Crippen molar-refractivity contribution in [2.45, 2.75) is 58.8 Å². The van der Waals surface area contributed by atoms with E-state index in [0.717, 1.165) is 5.56 Å². The standard InChI is InChI=1S/C34H45NO4Si/c1-33(2,3)39-32(36)35-25-29(27-37-26-28-17-10-7-11-18-28)19-16-24-38-40(34(4,5)6,30-20-12-8-13-21-30)31-22-14-9-15-23-31/h7-23,29H,24-27H2,1-6H3,(H,35,36)/b19-16+/t29-/m0/s1. The van der Waals surface area contributed by atoms with E-state index in [9.17, 15) is 4.79 Å². The molecular weight excluding hydrogens is 514 g/mol. The molecule has 1 atom stereocenters. The van der Waals surface area contributed by atoms with Crippen LogP contribution < -0.4 is 15.7 Å². The summed E-state index contributed by atoms with van der Waals surface area (Å²) in [6, 6.07) is 31.3. The summed E-state index contributed by atoms with van der Waals surface area (Å²) in [6.45, 7) is 14.2. The zero-order chi connectivity index (χ0) is 29.1. The Morgan fingerprint density at radius 2 is 1.35 bits per heavy atom. The van der Waals surface area contributed by atoms with Gasteiger partial charge in [0.15, 0.2) is 0 Å². The van der Waals surface area contributed by atoms with Crippen molar-refractivity contribution in [3.8, 4) is 0 Å². The minimum atomic E-state index is -2.63. The molecule has 214 valence electrons. The number of carbonyl (C=O) groups is 1. The molecule has 0 fully saturated rings. The summed E-state index contributed by atoms with van der Waals surface area (Å²) in [5.74, 6) is -0.0426. The summed E-state index contributed by atoms with van der Waals surface area (Å²) in [6.07, 6.45) is 3.71. The molecule has 0 saturated carbocycles. The Hall–Kier alpha value is -3.19. The van der Waals surface area contributed by atoms with E-state index in [-0.39, 0.29) is 11.0 Å². The van der Waals surface area contributed by atoms with Gasteiger partial charge in [-0.1, -0.05) is 124 Å². The second-order valence-electron chi connectivity index (χ2n) is 12.0. The normalized spacial score (nSPS) is 13.2. The Labute approximate surface area is 241 Å². The molecule has 0 radical (unpaired) electrons. The van der Waals surface area contributed by atoms with Crippen LogP contribution in [0.1, 0.15) is 47.1 Å². The van der Waals surface area contributed by atoms with E-state index in [0.29, 0.717) is 26.4 Å². The average molecular weight is 560 g/mol. The molecule has 0 spiro atoms. The monoisotopic (exact) mass is 559 g/mol. The van der Waals surface area contributed by atoms with Crippen LogP contribution in [0.15, 0.2) is 103 Å². The van der Waals surface area contributed by atoms with E-state index in [1.54, 1.807) is 0 Å². The van der Waals surface area contributed by atoms with Crippen molar-refractivity contribution in [3.63, 3.8) is 0 Å². The van der Waals surface area contributed by atoms with Crippen LogP contribution in [0.2, 0.25) is 5.04 Å². The van der Waals surface area contributed by atoms with Crippen LogP contribution in [0.4, 0.5) is 4.79 Å². The minimum Gasteiger partial charge on any atom is -0.444 e. The summed E-state index contributed by atoms with van der Waals surface area (Å²) >= 11 is 0. The van der Waals surface area contributed by atoms with Crippen LogP contribution in [0, 0.1) is 5.92 Å². The molecule has 5 nitrogen and oxygen atoms in total. The first-order chi connectivity index (χ1) is 19.0. The van der Waals surface area contributed by atoms with Gasteiger partial charge in [-0.15, -0.1) is 0 Å². The molecule has 0 aliphatic rings. The van der Waals surface area contributed by atoms with E-state index < -0.39 is 20.0 Å². The molecule has 0 unspecified atom stereocenters. The van der Waals surface area contributed by atoms with Crippen LogP contribution >= 0.6 is 0 Å². The Morgan fingerprint density at radius 1 is 0.825 bits per heavy atom. The Morgan fingerprint density at radius 3 is 1.85 bits per heavy atom. The van der Waals surface area contributed by atoms with E-state index >= 15 is 0 Å². The number of carbonyl (C=O) groups excluding carboxylic acids is 1. The van der Waals surface area contributed by atoms with E-state index in [1.165, 1.54) is 10.4 Å². The predicted molar refractivity (Wildman–Crippen MR) is 167 cm³/mol. The van der Waals surface area contributed by atoms with Crippen LogP contribution in [-0.4, -0.2) is 39.8 Å². The highest BCUT2D eigenvalue weighted by atomic mass is 28.4. The maximum Gasteiger partial charge on any atom is 0.407 e. The second-order valence-corrected chi connectivity index (χ2v) is 16.4. The predicted octanol–water partition coefficient (Wildman–Crippen LogP) is 6.48. The van der Waals surface area contributed by atoms with Gasteiger partial charge in [-0.2, -0.15) is 0 Å². The van der Waals surface area contributed by atoms with Gasteiger partial charge in [-0.05, 0) is 41.7 Å². The molecule has 3 rings (SSSR count). The molecule has 3 aromatic carbocycles. The van der Waals surface area contributed by atoms with Crippen molar-refractivity contribution in [2.75, 3.05) is 19.8 Å². The summed E-state index contributed by atoms with van der Waals surface area (Å²) in [4.78, 5) is 12.3. The van der Waals surface area contributed by atoms with E-state index in [4.69, 9.17) is 13.9 Å². The number of hydrogen-bond acceptors (Lipinski definition) is 4. The third kappa shape index (κ3) is 9.19. The first-order valence-corrected chi connectivity index (χ1v) is 15.9. The van der Waals surface area contributed by atoms with Crippen molar-refractivity contribution in [2.24, 2.45) is 5.92 Å². The number of benzene rings is 3. The van der Waals surface area contributed by atoms with Gasteiger partial charge < -0.3 is 19.2 Å². The van der Waals surface area contributed by atoms with Gasteiger partial charge in [0, 0.05) is 12.5 Å². The van der Waals surface area contributed by atoms with Crippen molar-refractivity contribution >= 4 is 24.8 Å². The van der Waals surface area contributed by atoms with Crippen LogP contribution in [0.25, 0.3) is 0 Å². The first kappa shape index (κ1) is 31.3. The number of amides is 1. The fourth-order valence-corrected chi connectivity index (χ4v) is 9.30. The highest BCUT2D eigenvalue weighted by Crippen LogP contribution is 2.36.